The number of hydrogen-bond acceptors (Lipinski definition) is 1. The number of hydrogen-bond donors (Lipinski definition) is 1. The Balaban J connectivity index is 0.00000400. The largest absolute Gasteiger partial charge is 0.324 e. The van der Waals surface area contributed by atoms with E-state index in [2.05, 4.69) is 37.3 Å². The van der Waals surface area contributed by atoms with Crippen LogP contribution in [0.1, 0.15) is 89.2 Å². The molecule has 1 atom stereocenters. The lowest BCUT2D eigenvalue weighted by atomic mass is 10.00. The maximum Gasteiger partial charge on any atom is 0.0294 e. The molecule has 0 spiro atoms. The fourth-order valence-corrected chi connectivity index (χ4v) is 2.72. The van der Waals surface area contributed by atoms with Gasteiger partial charge >= 0.3 is 0 Å². The Morgan fingerprint density at radius 1 is 0.762 bits per heavy atom. The van der Waals surface area contributed by atoms with E-state index in [0.29, 0.717) is 0 Å². The summed E-state index contributed by atoms with van der Waals surface area (Å²) in [7, 11) is 0. The molecular formula is C19H34BrN. The highest BCUT2D eigenvalue weighted by Crippen LogP contribution is 2.18. The van der Waals surface area contributed by atoms with E-state index in [0.717, 1.165) is 6.42 Å². The normalized spacial score (nSPS) is 11.9. The molecule has 0 aromatic heterocycles. The Labute approximate surface area is 142 Å². The van der Waals surface area contributed by atoms with E-state index in [1.807, 2.05) is 0 Å². The first kappa shape index (κ1) is 20.7. The fraction of sp³-hybridized carbons (Fsp3) is 0.684. The summed E-state index contributed by atoms with van der Waals surface area (Å²) in [6.45, 7) is 2.28. The zero-order valence-electron chi connectivity index (χ0n) is 13.7. The van der Waals surface area contributed by atoms with Crippen LogP contribution >= 0.6 is 17.0 Å². The summed E-state index contributed by atoms with van der Waals surface area (Å²) in [5.74, 6) is 0. The van der Waals surface area contributed by atoms with Crippen LogP contribution in [0.25, 0.3) is 0 Å². The molecule has 1 nitrogen and oxygen atoms in total. The van der Waals surface area contributed by atoms with Gasteiger partial charge < -0.3 is 5.73 Å². The summed E-state index contributed by atoms with van der Waals surface area (Å²) in [5.41, 5.74) is 7.48. The van der Waals surface area contributed by atoms with Gasteiger partial charge in [-0.2, -0.15) is 0 Å². The van der Waals surface area contributed by atoms with Gasteiger partial charge in [0.05, 0.1) is 0 Å². The lowest BCUT2D eigenvalue weighted by Crippen LogP contribution is -2.09. The average molecular weight is 356 g/mol. The lowest BCUT2D eigenvalue weighted by Gasteiger charge is -2.11. The standard InChI is InChI=1S/C19H33N.BrH/c1-2-3-4-5-6-7-8-9-10-14-17-19(20)18-15-12-11-13-16-18;/h11-13,15-16,19H,2-10,14,17,20H2,1H3;1H. The van der Waals surface area contributed by atoms with E-state index >= 15 is 0 Å². The molecule has 0 aliphatic carbocycles. The quantitative estimate of drug-likeness (QED) is 0.421. The van der Waals surface area contributed by atoms with Crippen LogP contribution in [-0.4, -0.2) is 0 Å². The van der Waals surface area contributed by atoms with Crippen molar-refractivity contribution in [1.82, 2.24) is 0 Å². The highest BCUT2D eigenvalue weighted by molar-refractivity contribution is 8.93. The molecule has 1 aromatic carbocycles. The minimum absolute atomic E-state index is 0. The molecule has 0 aliphatic rings. The Bertz CT molecular complexity index is 313. The van der Waals surface area contributed by atoms with E-state index in [4.69, 9.17) is 5.73 Å². The van der Waals surface area contributed by atoms with E-state index in [-0.39, 0.29) is 23.0 Å². The SMILES string of the molecule is Br.CCCCCCCCCCCCC(N)c1ccccc1. The molecule has 122 valence electrons. The summed E-state index contributed by atoms with van der Waals surface area (Å²) >= 11 is 0. The first-order valence-electron chi connectivity index (χ1n) is 8.65. The van der Waals surface area contributed by atoms with Gasteiger partial charge in [0, 0.05) is 6.04 Å². The van der Waals surface area contributed by atoms with Crippen LogP contribution in [0.3, 0.4) is 0 Å². The monoisotopic (exact) mass is 355 g/mol. The minimum atomic E-state index is 0. The number of rotatable bonds is 12. The van der Waals surface area contributed by atoms with Crippen molar-refractivity contribution >= 4 is 17.0 Å². The van der Waals surface area contributed by atoms with Crippen LogP contribution in [0.4, 0.5) is 0 Å². The second-order valence-electron chi connectivity index (χ2n) is 5.99. The molecule has 0 fully saturated rings. The molecule has 0 saturated heterocycles. The first-order valence-corrected chi connectivity index (χ1v) is 8.65. The van der Waals surface area contributed by atoms with Crippen molar-refractivity contribution < 1.29 is 0 Å². The maximum atomic E-state index is 6.20. The van der Waals surface area contributed by atoms with Gasteiger partial charge in [-0.3, -0.25) is 0 Å². The molecule has 0 bridgehead atoms. The van der Waals surface area contributed by atoms with Crippen molar-refractivity contribution in [2.45, 2.75) is 83.6 Å². The zero-order valence-corrected chi connectivity index (χ0v) is 15.4. The van der Waals surface area contributed by atoms with Crippen molar-refractivity contribution in [3.63, 3.8) is 0 Å². The number of benzene rings is 1. The van der Waals surface area contributed by atoms with Crippen molar-refractivity contribution in [2.24, 2.45) is 5.73 Å². The molecule has 0 aliphatic heterocycles. The molecule has 0 amide bonds. The molecule has 0 radical (unpaired) electrons. The van der Waals surface area contributed by atoms with Crippen LogP contribution in [-0.2, 0) is 0 Å². The Hall–Kier alpha value is -0.340. The zero-order chi connectivity index (χ0) is 14.5. The van der Waals surface area contributed by atoms with Crippen LogP contribution < -0.4 is 5.73 Å². The third kappa shape index (κ3) is 11.0. The van der Waals surface area contributed by atoms with Crippen molar-refractivity contribution in [3.8, 4) is 0 Å². The molecular weight excluding hydrogens is 322 g/mol. The molecule has 1 rings (SSSR count). The Morgan fingerprint density at radius 3 is 1.76 bits per heavy atom. The molecule has 21 heavy (non-hydrogen) atoms. The van der Waals surface area contributed by atoms with Gasteiger partial charge in [-0.05, 0) is 12.0 Å². The summed E-state index contributed by atoms with van der Waals surface area (Å²) in [6.07, 6.45) is 15.0. The summed E-state index contributed by atoms with van der Waals surface area (Å²) < 4.78 is 0. The van der Waals surface area contributed by atoms with Gasteiger partial charge in [0.25, 0.3) is 0 Å². The maximum absolute atomic E-state index is 6.20. The average Bonchev–Trinajstić information content (AvgIpc) is 2.50. The topological polar surface area (TPSA) is 26.0 Å². The summed E-state index contributed by atoms with van der Waals surface area (Å²) in [5, 5.41) is 0. The van der Waals surface area contributed by atoms with Gasteiger partial charge in [0.15, 0.2) is 0 Å². The minimum Gasteiger partial charge on any atom is -0.324 e. The van der Waals surface area contributed by atoms with Crippen molar-refractivity contribution in [2.75, 3.05) is 0 Å². The van der Waals surface area contributed by atoms with Crippen LogP contribution in [0.5, 0.6) is 0 Å². The lowest BCUT2D eigenvalue weighted by molar-refractivity contribution is 0.529. The second-order valence-corrected chi connectivity index (χ2v) is 5.99. The summed E-state index contributed by atoms with van der Waals surface area (Å²) in [6, 6.07) is 10.7. The predicted molar refractivity (Wildman–Crippen MR) is 100 cm³/mol. The van der Waals surface area contributed by atoms with Gasteiger partial charge in [-0.25, -0.2) is 0 Å². The van der Waals surface area contributed by atoms with E-state index in [1.165, 1.54) is 69.8 Å². The fourth-order valence-electron chi connectivity index (χ4n) is 2.72. The second kappa shape index (κ2) is 14.6. The predicted octanol–water partition coefficient (Wildman–Crippen LogP) is 6.58. The van der Waals surface area contributed by atoms with Gasteiger partial charge in [0.1, 0.15) is 0 Å². The van der Waals surface area contributed by atoms with E-state index in [1.54, 1.807) is 0 Å². The van der Waals surface area contributed by atoms with Gasteiger partial charge in [-0.15, -0.1) is 17.0 Å². The molecule has 0 saturated carbocycles. The van der Waals surface area contributed by atoms with Crippen molar-refractivity contribution in [3.05, 3.63) is 35.9 Å². The highest BCUT2D eigenvalue weighted by Gasteiger charge is 2.04. The van der Waals surface area contributed by atoms with Gasteiger partial charge in [0.2, 0.25) is 0 Å². The Morgan fingerprint density at radius 2 is 1.24 bits per heavy atom. The molecule has 2 heteroatoms. The van der Waals surface area contributed by atoms with Crippen molar-refractivity contribution in [1.29, 1.82) is 0 Å². The third-order valence-electron chi connectivity index (χ3n) is 4.10. The molecule has 2 N–H and O–H groups in total. The molecule has 1 unspecified atom stereocenters. The number of nitrogens with two attached hydrogens (primary N) is 1. The van der Waals surface area contributed by atoms with Crippen LogP contribution in [0.15, 0.2) is 30.3 Å². The molecule has 0 heterocycles. The smallest absolute Gasteiger partial charge is 0.0294 e. The van der Waals surface area contributed by atoms with Crippen LogP contribution in [0, 0.1) is 0 Å². The number of unbranched alkanes of at least 4 members (excludes halogenated alkanes) is 9. The Kier molecular flexibility index (Phi) is 14.4. The van der Waals surface area contributed by atoms with Crippen LogP contribution in [0.2, 0.25) is 0 Å². The number of halogens is 1. The highest BCUT2D eigenvalue weighted by atomic mass is 79.9. The van der Waals surface area contributed by atoms with Gasteiger partial charge in [-0.1, -0.05) is 101 Å². The molecule has 1 aromatic rings. The van der Waals surface area contributed by atoms with E-state index < -0.39 is 0 Å². The first-order chi connectivity index (χ1) is 9.84. The summed E-state index contributed by atoms with van der Waals surface area (Å²) in [4.78, 5) is 0. The third-order valence-corrected chi connectivity index (χ3v) is 4.10. The van der Waals surface area contributed by atoms with E-state index in [9.17, 15) is 0 Å².